The fourth-order valence-electron chi connectivity index (χ4n) is 4.68. The van der Waals surface area contributed by atoms with E-state index in [2.05, 4.69) is 38.2 Å². The molecule has 0 fully saturated rings. The molecule has 0 N–H and O–H groups in total. The van der Waals surface area contributed by atoms with Crippen molar-refractivity contribution in [3.05, 3.63) is 24.3 Å². The standard InChI is InChI=1S/2C18H34O2.Pb.2H/c2*1-2-3-4-5-6-7-8-9-10-11-12-13-14-15-16-17-18(19)20;;;/h2*9-10H,2-8,11-17H2,1H3,(H,19,20);;;/q;;+2;;/p-2/b2*10-9-;;;. The van der Waals surface area contributed by atoms with Crippen molar-refractivity contribution in [2.24, 2.45) is 0 Å². The number of rotatable bonds is 30. The zero-order valence-corrected chi connectivity index (χ0v) is 32.9. The van der Waals surface area contributed by atoms with Crippen LogP contribution >= 0.6 is 0 Å². The summed E-state index contributed by atoms with van der Waals surface area (Å²) in [7, 11) is 0. The Bertz CT molecular complexity index is 524. The van der Waals surface area contributed by atoms with Gasteiger partial charge in [0.1, 0.15) is 0 Å². The Morgan fingerprint density at radius 3 is 0.854 bits per heavy atom. The summed E-state index contributed by atoms with van der Waals surface area (Å²) in [5.41, 5.74) is 0. The van der Waals surface area contributed by atoms with E-state index in [0.29, 0.717) is 0 Å². The number of aliphatic carboxylic acids is 2. The van der Waals surface area contributed by atoms with E-state index in [-0.39, 0.29) is 40.1 Å². The first-order valence-electron chi connectivity index (χ1n) is 17.2. The van der Waals surface area contributed by atoms with Crippen LogP contribution < -0.4 is 10.2 Å². The Kier molecular flexibility index (Phi) is 45.3. The average molecular weight is 772 g/mol. The summed E-state index contributed by atoms with van der Waals surface area (Å²) in [5, 5.41) is 20.4. The van der Waals surface area contributed by atoms with Gasteiger partial charge in [-0.05, 0) is 77.0 Å². The molecule has 240 valence electrons. The molecule has 0 saturated carbocycles. The number of carboxylic acid groups (broad SMARTS) is 2. The normalized spacial score (nSPS) is 11.0. The third-order valence-corrected chi connectivity index (χ3v) is 7.29. The van der Waals surface area contributed by atoms with Gasteiger partial charge in [0.2, 0.25) is 0 Å². The maximum absolute atomic E-state index is 10.2. The van der Waals surface area contributed by atoms with Gasteiger partial charge in [-0.25, -0.2) is 0 Å². The maximum atomic E-state index is 10.2. The van der Waals surface area contributed by atoms with E-state index in [1.54, 1.807) is 0 Å². The van der Waals surface area contributed by atoms with Crippen molar-refractivity contribution >= 4 is 39.2 Å². The zero-order valence-electron chi connectivity index (χ0n) is 27.4. The van der Waals surface area contributed by atoms with E-state index >= 15 is 0 Å². The number of hydrogen-bond donors (Lipinski definition) is 0. The molecule has 0 aliphatic carbocycles. The molecule has 0 aliphatic heterocycles. The third kappa shape index (κ3) is 49.3. The monoisotopic (exact) mass is 772 g/mol. The van der Waals surface area contributed by atoms with Crippen LogP contribution in [0.25, 0.3) is 0 Å². The Morgan fingerprint density at radius 1 is 0.390 bits per heavy atom. The fraction of sp³-hybridized carbons (Fsp3) is 0.833. The number of unbranched alkanes of at least 4 members (excludes halogenated alkanes) is 22. The van der Waals surface area contributed by atoms with Crippen LogP contribution in [0.3, 0.4) is 0 Å². The van der Waals surface area contributed by atoms with Crippen LogP contribution in [-0.4, -0.2) is 39.2 Å². The van der Waals surface area contributed by atoms with Crippen LogP contribution in [0.15, 0.2) is 24.3 Å². The van der Waals surface area contributed by atoms with E-state index in [1.807, 2.05) is 0 Å². The summed E-state index contributed by atoms with van der Waals surface area (Å²) < 4.78 is 0. The molecular weight excluding hydrogens is 704 g/mol. The molecule has 0 radical (unpaired) electrons. The molecule has 0 bridgehead atoms. The molecule has 0 amide bonds. The van der Waals surface area contributed by atoms with Gasteiger partial charge in [-0.2, -0.15) is 0 Å². The van der Waals surface area contributed by atoms with Crippen LogP contribution in [0.1, 0.15) is 194 Å². The number of allylic oxidation sites excluding steroid dienone is 4. The minimum absolute atomic E-state index is 0. The van der Waals surface area contributed by atoms with E-state index in [1.165, 1.54) is 128 Å². The van der Waals surface area contributed by atoms with Crippen molar-refractivity contribution in [3.63, 3.8) is 0 Å². The van der Waals surface area contributed by atoms with Crippen molar-refractivity contribution in [2.45, 2.75) is 194 Å². The van der Waals surface area contributed by atoms with Crippen LogP contribution in [0.4, 0.5) is 0 Å². The third-order valence-electron chi connectivity index (χ3n) is 7.29. The first kappa shape index (κ1) is 44.8. The van der Waals surface area contributed by atoms with E-state index in [0.717, 1.165) is 38.5 Å². The summed E-state index contributed by atoms with van der Waals surface area (Å²) in [6.45, 7) is 4.51. The Morgan fingerprint density at radius 2 is 0.610 bits per heavy atom. The predicted molar refractivity (Wildman–Crippen MR) is 177 cm³/mol. The molecule has 0 aromatic carbocycles. The quantitative estimate of drug-likeness (QED) is 0.0416. The summed E-state index contributed by atoms with van der Waals surface area (Å²) in [5.74, 6) is -1.83. The van der Waals surface area contributed by atoms with Crippen LogP contribution in [0.5, 0.6) is 0 Å². The van der Waals surface area contributed by atoms with E-state index < -0.39 is 11.9 Å². The molecule has 5 heteroatoms. The number of carbonyl (C=O) groups is 2. The average Bonchev–Trinajstić information content (AvgIpc) is 2.93. The SMILES string of the molecule is CCCCCCCC/C=C\CCCCCCCC(=O)[O-].CCCCCCCC/C=C\CCCCCCCC(=O)[O-].[PbH2+2]. The molecule has 0 rings (SSSR count). The van der Waals surface area contributed by atoms with Gasteiger partial charge in [0.15, 0.2) is 0 Å². The molecule has 0 spiro atoms. The predicted octanol–water partition coefficient (Wildman–Crippen LogP) is 8.63. The van der Waals surface area contributed by atoms with Gasteiger partial charge >= 0.3 is 27.3 Å². The summed E-state index contributed by atoms with van der Waals surface area (Å²) in [4.78, 5) is 20.4. The van der Waals surface area contributed by atoms with Gasteiger partial charge < -0.3 is 19.8 Å². The van der Waals surface area contributed by atoms with Crippen LogP contribution in [-0.2, 0) is 9.59 Å². The molecule has 0 aliphatic rings. The Labute approximate surface area is 275 Å². The second kappa shape index (κ2) is 41.5. The Hall–Kier alpha value is -0.658. The molecule has 0 aromatic rings. The summed E-state index contributed by atoms with van der Waals surface area (Å²) >= 11 is 0. The van der Waals surface area contributed by atoms with Crippen molar-refractivity contribution in [3.8, 4) is 0 Å². The van der Waals surface area contributed by atoms with Gasteiger partial charge in [-0.3, -0.25) is 0 Å². The number of hydrogen-bond acceptors (Lipinski definition) is 4. The zero-order chi connectivity index (χ0) is 29.8. The van der Waals surface area contributed by atoms with Crippen LogP contribution in [0, 0.1) is 0 Å². The van der Waals surface area contributed by atoms with Gasteiger partial charge in [0, 0.05) is 11.9 Å². The Balaban J connectivity index is -0.000000688. The molecule has 41 heavy (non-hydrogen) atoms. The van der Waals surface area contributed by atoms with Crippen molar-refractivity contribution in [2.75, 3.05) is 0 Å². The topological polar surface area (TPSA) is 80.3 Å². The fourth-order valence-corrected chi connectivity index (χ4v) is 4.68. The van der Waals surface area contributed by atoms with Gasteiger partial charge in [0.05, 0.1) is 0 Å². The first-order chi connectivity index (χ1) is 19.5. The minimum atomic E-state index is -0.914. The molecule has 0 saturated heterocycles. The van der Waals surface area contributed by atoms with E-state index in [4.69, 9.17) is 0 Å². The van der Waals surface area contributed by atoms with Crippen LogP contribution in [0.2, 0.25) is 0 Å². The van der Waals surface area contributed by atoms with E-state index in [9.17, 15) is 19.8 Å². The van der Waals surface area contributed by atoms with Gasteiger partial charge in [-0.1, -0.05) is 141 Å². The summed E-state index contributed by atoms with van der Waals surface area (Å²) in [6.07, 6.45) is 41.8. The molecule has 0 unspecified atom stereocenters. The summed E-state index contributed by atoms with van der Waals surface area (Å²) in [6, 6.07) is 0. The second-order valence-corrected chi connectivity index (χ2v) is 11.4. The van der Waals surface area contributed by atoms with Crippen molar-refractivity contribution in [1.82, 2.24) is 0 Å². The molecule has 0 atom stereocenters. The number of carboxylic acids is 2. The second-order valence-electron chi connectivity index (χ2n) is 11.4. The molecule has 0 heterocycles. The first-order valence-corrected chi connectivity index (χ1v) is 17.2. The molecular formula is C36H68O4Pb. The molecule has 4 nitrogen and oxygen atoms in total. The molecule has 0 aromatic heterocycles. The number of carbonyl (C=O) groups excluding carboxylic acids is 2. The van der Waals surface area contributed by atoms with Crippen molar-refractivity contribution in [1.29, 1.82) is 0 Å². The van der Waals surface area contributed by atoms with Gasteiger partial charge in [-0.15, -0.1) is 0 Å². The van der Waals surface area contributed by atoms with Gasteiger partial charge in [0.25, 0.3) is 0 Å². The van der Waals surface area contributed by atoms with Crippen molar-refractivity contribution < 1.29 is 19.8 Å².